The Morgan fingerprint density at radius 1 is 0.897 bits per heavy atom. The fourth-order valence-electron chi connectivity index (χ4n) is 2.75. The second kappa shape index (κ2) is 10.6. The first-order valence-corrected chi connectivity index (χ1v) is 10.1. The van der Waals surface area contributed by atoms with Crippen molar-refractivity contribution in [2.75, 3.05) is 19.7 Å². The third-order valence-electron chi connectivity index (χ3n) is 4.58. The predicted molar refractivity (Wildman–Crippen MR) is 116 cm³/mol. The van der Waals surface area contributed by atoms with Crippen LogP contribution in [0.1, 0.15) is 55.1 Å². The third kappa shape index (κ3) is 7.98. The fraction of sp³-hybridized carbons (Fsp3) is 0.417. The van der Waals surface area contributed by atoms with Crippen LogP contribution in [0.3, 0.4) is 0 Å². The molecule has 2 aromatic rings. The van der Waals surface area contributed by atoms with Gasteiger partial charge in [-0.05, 0) is 48.6 Å². The van der Waals surface area contributed by atoms with Gasteiger partial charge in [0.15, 0.2) is 0 Å². The molecule has 156 valence electrons. The molecule has 0 aliphatic carbocycles. The summed E-state index contributed by atoms with van der Waals surface area (Å²) in [4.78, 5) is 24.0. The molecule has 0 radical (unpaired) electrons. The summed E-state index contributed by atoms with van der Waals surface area (Å²) in [6.45, 7) is 9.74. The Bertz CT molecular complexity index is 790. The Morgan fingerprint density at radius 2 is 1.52 bits per heavy atom. The summed E-state index contributed by atoms with van der Waals surface area (Å²) in [7, 11) is 0. The molecule has 0 aliphatic heterocycles. The van der Waals surface area contributed by atoms with Crippen molar-refractivity contribution in [3.8, 4) is 5.75 Å². The maximum absolute atomic E-state index is 12.2. The molecule has 0 aromatic heterocycles. The van der Waals surface area contributed by atoms with Gasteiger partial charge in [-0.15, -0.1) is 0 Å². The van der Waals surface area contributed by atoms with E-state index in [2.05, 4.69) is 31.4 Å². The molecule has 2 aromatic carbocycles. The second-order valence-corrected chi connectivity index (χ2v) is 8.20. The van der Waals surface area contributed by atoms with Gasteiger partial charge >= 0.3 is 0 Å². The molecule has 29 heavy (non-hydrogen) atoms. The number of hydrogen-bond donors (Lipinski definition) is 2. The van der Waals surface area contributed by atoms with Crippen molar-refractivity contribution in [1.29, 1.82) is 0 Å². The third-order valence-corrected chi connectivity index (χ3v) is 4.58. The molecule has 0 heterocycles. The molecule has 2 N–H and O–H groups in total. The fourth-order valence-corrected chi connectivity index (χ4v) is 2.75. The molecule has 0 atom stereocenters. The lowest BCUT2D eigenvalue weighted by atomic mass is 9.87. The summed E-state index contributed by atoms with van der Waals surface area (Å²) < 4.78 is 5.61. The van der Waals surface area contributed by atoms with E-state index >= 15 is 0 Å². The molecule has 0 unspecified atom stereocenters. The van der Waals surface area contributed by atoms with E-state index in [0.717, 1.165) is 5.75 Å². The van der Waals surface area contributed by atoms with Crippen molar-refractivity contribution in [3.63, 3.8) is 0 Å². The Kier molecular flexibility index (Phi) is 8.25. The van der Waals surface area contributed by atoms with Crippen molar-refractivity contribution in [2.45, 2.75) is 46.0 Å². The van der Waals surface area contributed by atoms with Gasteiger partial charge in [0.1, 0.15) is 5.75 Å². The Hall–Kier alpha value is -2.82. The minimum atomic E-state index is -0.133. The quantitative estimate of drug-likeness (QED) is 0.630. The summed E-state index contributed by atoms with van der Waals surface area (Å²) in [5.41, 5.74) is 3.06. The van der Waals surface area contributed by atoms with Gasteiger partial charge in [0.05, 0.1) is 6.61 Å². The molecule has 0 spiro atoms. The summed E-state index contributed by atoms with van der Waals surface area (Å²) in [6, 6.07) is 15.5. The van der Waals surface area contributed by atoms with Crippen LogP contribution in [-0.4, -0.2) is 31.5 Å². The van der Waals surface area contributed by atoms with E-state index in [0.29, 0.717) is 38.1 Å². The minimum absolute atomic E-state index is 0.0405. The largest absolute Gasteiger partial charge is 0.494 e. The molecular weight excluding hydrogens is 364 g/mol. The monoisotopic (exact) mass is 396 g/mol. The van der Waals surface area contributed by atoms with E-state index in [1.807, 2.05) is 55.5 Å². The molecule has 2 rings (SSSR count). The van der Waals surface area contributed by atoms with Crippen molar-refractivity contribution in [1.82, 2.24) is 10.6 Å². The summed E-state index contributed by atoms with van der Waals surface area (Å²) in [6.07, 6.45) is 1.04. The zero-order valence-corrected chi connectivity index (χ0v) is 17.9. The number of aryl methyl sites for hydroxylation is 1. The topological polar surface area (TPSA) is 67.4 Å². The zero-order valence-electron chi connectivity index (χ0n) is 17.9. The number of rotatable bonds is 9. The lowest BCUT2D eigenvalue weighted by Crippen LogP contribution is -2.34. The van der Waals surface area contributed by atoms with E-state index in [4.69, 9.17) is 4.74 Å². The number of benzene rings is 2. The smallest absolute Gasteiger partial charge is 0.251 e. The highest BCUT2D eigenvalue weighted by molar-refractivity contribution is 5.94. The number of carbonyl (C=O) groups excluding carboxylic acids is 2. The van der Waals surface area contributed by atoms with Crippen LogP contribution >= 0.6 is 0 Å². The standard InChI is InChI=1S/C24H32N2O3/c1-18-7-13-21(14-8-18)29-17-5-6-22(27)25-15-16-26-23(28)19-9-11-20(12-10-19)24(2,3)4/h7-14H,5-6,15-17H2,1-4H3,(H,25,27)(H,26,28). The van der Waals surface area contributed by atoms with Crippen LogP contribution in [0.2, 0.25) is 0 Å². The lowest BCUT2D eigenvalue weighted by molar-refractivity contribution is -0.121. The van der Waals surface area contributed by atoms with Gasteiger partial charge in [-0.2, -0.15) is 0 Å². The first-order valence-electron chi connectivity index (χ1n) is 10.1. The highest BCUT2D eigenvalue weighted by atomic mass is 16.5. The molecule has 0 saturated carbocycles. The van der Waals surface area contributed by atoms with Gasteiger partial charge in [0, 0.05) is 25.1 Å². The molecule has 0 fully saturated rings. The molecule has 5 heteroatoms. The van der Waals surface area contributed by atoms with Crippen molar-refractivity contribution in [2.24, 2.45) is 0 Å². The Balaban J connectivity index is 1.58. The van der Waals surface area contributed by atoms with Crippen LogP contribution in [-0.2, 0) is 10.2 Å². The van der Waals surface area contributed by atoms with E-state index in [1.54, 1.807) is 0 Å². The molecule has 0 saturated heterocycles. The van der Waals surface area contributed by atoms with Crippen molar-refractivity contribution in [3.05, 3.63) is 65.2 Å². The summed E-state index contributed by atoms with van der Waals surface area (Å²) in [5.74, 6) is 0.641. The number of nitrogens with one attached hydrogen (secondary N) is 2. The molecule has 5 nitrogen and oxygen atoms in total. The maximum atomic E-state index is 12.2. The number of amides is 2. The SMILES string of the molecule is Cc1ccc(OCCCC(=O)NCCNC(=O)c2ccc(C(C)(C)C)cc2)cc1. The second-order valence-electron chi connectivity index (χ2n) is 8.20. The van der Waals surface area contributed by atoms with Crippen LogP contribution in [0.5, 0.6) is 5.75 Å². The number of ether oxygens (including phenoxy) is 1. The predicted octanol–water partition coefficient (Wildman–Crippen LogP) is 4.00. The molecule has 0 bridgehead atoms. The lowest BCUT2D eigenvalue weighted by Gasteiger charge is -2.19. The van der Waals surface area contributed by atoms with Gasteiger partial charge < -0.3 is 15.4 Å². The molecule has 2 amide bonds. The highest BCUT2D eigenvalue weighted by Crippen LogP contribution is 2.22. The number of hydrogen-bond acceptors (Lipinski definition) is 3. The average Bonchev–Trinajstić information content (AvgIpc) is 2.69. The summed E-state index contributed by atoms with van der Waals surface area (Å²) >= 11 is 0. The van der Waals surface area contributed by atoms with Crippen LogP contribution in [0.25, 0.3) is 0 Å². The summed E-state index contributed by atoms with van der Waals surface area (Å²) in [5, 5.41) is 5.64. The van der Waals surface area contributed by atoms with Gasteiger partial charge in [0.25, 0.3) is 5.91 Å². The number of carbonyl (C=O) groups is 2. The van der Waals surface area contributed by atoms with E-state index in [1.165, 1.54) is 11.1 Å². The molecular formula is C24H32N2O3. The van der Waals surface area contributed by atoms with Crippen LogP contribution in [0.4, 0.5) is 0 Å². The maximum Gasteiger partial charge on any atom is 0.251 e. The molecule has 0 aliphatic rings. The van der Waals surface area contributed by atoms with E-state index < -0.39 is 0 Å². The van der Waals surface area contributed by atoms with E-state index in [-0.39, 0.29) is 17.2 Å². The van der Waals surface area contributed by atoms with Crippen molar-refractivity contribution >= 4 is 11.8 Å². The zero-order chi connectivity index (χ0) is 21.3. The average molecular weight is 397 g/mol. The van der Waals surface area contributed by atoms with Crippen LogP contribution in [0.15, 0.2) is 48.5 Å². The van der Waals surface area contributed by atoms with Gasteiger partial charge in [-0.3, -0.25) is 9.59 Å². The van der Waals surface area contributed by atoms with Crippen molar-refractivity contribution < 1.29 is 14.3 Å². The minimum Gasteiger partial charge on any atom is -0.494 e. The highest BCUT2D eigenvalue weighted by Gasteiger charge is 2.14. The normalized spacial score (nSPS) is 11.0. The van der Waals surface area contributed by atoms with Crippen LogP contribution in [0, 0.1) is 6.92 Å². The Labute approximate surface area is 173 Å². The first-order chi connectivity index (χ1) is 13.8. The van der Waals surface area contributed by atoms with Gasteiger partial charge in [-0.25, -0.2) is 0 Å². The Morgan fingerprint density at radius 3 is 2.14 bits per heavy atom. The van der Waals surface area contributed by atoms with E-state index in [9.17, 15) is 9.59 Å². The van der Waals surface area contributed by atoms with Gasteiger partial charge in [0.2, 0.25) is 5.91 Å². The first kappa shape index (κ1) is 22.5. The van der Waals surface area contributed by atoms with Crippen LogP contribution < -0.4 is 15.4 Å². The van der Waals surface area contributed by atoms with Gasteiger partial charge in [-0.1, -0.05) is 50.6 Å².